The lowest BCUT2D eigenvalue weighted by Gasteiger charge is -2.24. The highest BCUT2D eigenvalue weighted by Crippen LogP contribution is 2.18. The SMILES string of the molecule is COCCN(CCC(=O)OC)c1ccc(C#N)c(F)c1. The normalized spacial score (nSPS) is 9.90. The zero-order valence-electron chi connectivity index (χ0n) is 11.6. The Balaban J connectivity index is 2.84. The van der Waals surface area contributed by atoms with Crippen molar-refractivity contribution in [2.75, 3.05) is 38.8 Å². The maximum absolute atomic E-state index is 13.6. The minimum Gasteiger partial charge on any atom is -0.469 e. The second kappa shape index (κ2) is 8.12. The number of halogens is 1. The summed E-state index contributed by atoms with van der Waals surface area (Å²) in [5.41, 5.74) is 0.593. The number of nitrogens with zero attached hydrogens (tertiary/aromatic N) is 2. The van der Waals surface area contributed by atoms with Crippen LogP contribution in [0.2, 0.25) is 0 Å². The predicted molar refractivity (Wildman–Crippen MR) is 71.8 cm³/mol. The Morgan fingerprint density at radius 1 is 1.40 bits per heavy atom. The summed E-state index contributed by atoms with van der Waals surface area (Å²) in [7, 11) is 2.89. The molecule has 0 fully saturated rings. The quantitative estimate of drug-likeness (QED) is 0.712. The van der Waals surface area contributed by atoms with Crippen molar-refractivity contribution < 1.29 is 18.7 Å². The molecular weight excluding hydrogens is 263 g/mol. The Labute approximate surface area is 117 Å². The molecule has 5 nitrogen and oxygen atoms in total. The number of nitriles is 1. The second-order valence-corrected chi connectivity index (χ2v) is 4.08. The van der Waals surface area contributed by atoms with E-state index < -0.39 is 5.82 Å². The van der Waals surface area contributed by atoms with E-state index in [0.717, 1.165) is 0 Å². The molecule has 6 heteroatoms. The third-order valence-corrected chi connectivity index (χ3v) is 2.82. The van der Waals surface area contributed by atoms with Gasteiger partial charge in [-0.15, -0.1) is 0 Å². The van der Waals surface area contributed by atoms with Gasteiger partial charge in [0, 0.05) is 25.9 Å². The van der Waals surface area contributed by atoms with E-state index in [-0.39, 0.29) is 18.0 Å². The second-order valence-electron chi connectivity index (χ2n) is 4.08. The lowest BCUT2D eigenvalue weighted by Crippen LogP contribution is -2.30. The van der Waals surface area contributed by atoms with Crippen LogP contribution in [0.15, 0.2) is 18.2 Å². The van der Waals surface area contributed by atoms with Crippen LogP contribution in [-0.2, 0) is 14.3 Å². The van der Waals surface area contributed by atoms with E-state index in [9.17, 15) is 9.18 Å². The number of methoxy groups -OCH3 is 2. The molecule has 0 aliphatic carbocycles. The molecule has 0 N–H and O–H groups in total. The molecule has 0 spiro atoms. The molecular formula is C14H17FN2O3. The minimum absolute atomic E-state index is 0.00610. The lowest BCUT2D eigenvalue weighted by molar-refractivity contribution is -0.140. The number of hydrogen-bond donors (Lipinski definition) is 0. The Morgan fingerprint density at radius 2 is 2.15 bits per heavy atom. The molecule has 0 unspecified atom stereocenters. The van der Waals surface area contributed by atoms with Crippen molar-refractivity contribution >= 4 is 11.7 Å². The van der Waals surface area contributed by atoms with Crippen LogP contribution in [0.1, 0.15) is 12.0 Å². The number of esters is 1. The summed E-state index contributed by atoms with van der Waals surface area (Å²) >= 11 is 0. The Morgan fingerprint density at radius 3 is 2.70 bits per heavy atom. The largest absolute Gasteiger partial charge is 0.469 e. The van der Waals surface area contributed by atoms with Gasteiger partial charge in [0.15, 0.2) is 0 Å². The fraction of sp³-hybridized carbons (Fsp3) is 0.429. The molecule has 0 bridgehead atoms. The third kappa shape index (κ3) is 4.52. The fourth-order valence-electron chi connectivity index (χ4n) is 1.69. The molecule has 0 atom stereocenters. The van der Waals surface area contributed by atoms with Gasteiger partial charge in [0.2, 0.25) is 0 Å². The van der Waals surface area contributed by atoms with Gasteiger partial charge < -0.3 is 14.4 Å². The molecule has 0 heterocycles. The summed E-state index contributed by atoms with van der Waals surface area (Å²) in [6.07, 6.45) is 0.196. The van der Waals surface area contributed by atoms with E-state index in [0.29, 0.717) is 25.4 Å². The van der Waals surface area contributed by atoms with Crippen molar-refractivity contribution in [1.29, 1.82) is 5.26 Å². The fourth-order valence-corrected chi connectivity index (χ4v) is 1.69. The van der Waals surface area contributed by atoms with Gasteiger partial charge in [-0.3, -0.25) is 4.79 Å². The molecule has 0 aliphatic rings. The van der Waals surface area contributed by atoms with Crippen LogP contribution in [0.5, 0.6) is 0 Å². The van der Waals surface area contributed by atoms with Crippen LogP contribution >= 0.6 is 0 Å². The molecule has 20 heavy (non-hydrogen) atoms. The summed E-state index contributed by atoms with van der Waals surface area (Å²) in [5, 5.41) is 8.71. The van der Waals surface area contributed by atoms with E-state index >= 15 is 0 Å². The Kier molecular flexibility index (Phi) is 6.47. The molecule has 0 radical (unpaired) electrons. The van der Waals surface area contributed by atoms with Gasteiger partial charge in [0.1, 0.15) is 11.9 Å². The molecule has 0 saturated heterocycles. The highest BCUT2D eigenvalue weighted by atomic mass is 19.1. The average Bonchev–Trinajstić information content (AvgIpc) is 2.47. The summed E-state index contributed by atoms with van der Waals surface area (Å²) < 4.78 is 23.2. The van der Waals surface area contributed by atoms with Gasteiger partial charge in [-0.1, -0.05) is 0 Å². The van der Waals surface area contributed by atoms with Gasteiger partial charge >= 0.3 is 5.97 Å². The zero-order valence-corrected chi connectivity index (χ0v) is 11.6. The number of rotatable bonds is 7. The Bertz CT molecular complexity index is 500. The van der Waals surface area contributed by atoms with Crippen LogP contribution in [0.4, 0.5) is 10.1 Å². The molecule has 1 rings (SSSR count). The van der Waals surface area contributed by atoms with Crippen molar-refractivity contribution in [2.24, 2.45) is 0 Å². The van der Waals surface area contributed by atoms with Crippen molar-refractivity contribution in [3.8, 4) is 6.07 Å². The summed E-state index contributed by atoms with van der Waals surface area (Å²) in [6, 6.07) is 6.12. The molecule has 0 amide bonds. The van der Waals surface area contributed by atoms with Crippen LogP contribution < -0.4 is 4.90 Å². The van der Waals surface area contributed by atoms with Crippen molar-refractivity contribution in [3.05, 3.63) is 29.6 Å². The van der Waals surface area contributed by atoms with Crippen molar-refractivity contribution in [1.82, 2.24) is 0 Å². The van der Waals surface area contributed by atoms with Gasteiger partial charge in [-0.25, -0.2) is 4.39 Å². The number of anilines is 1. The number of carbonyl (C=O) groups is 1. The maximum Gasteiger partial charge on any atom is 0.307 e. The first-order chi connectivity index (χ1) is 9.62. The molecule has 0 aromatic heterocycles. The summed E-state index contributed by atoms with van der Waals surface area (Å²) in [5.74, 6) is -0.910. The monoisotopic (exact) mass is 280 g/mol. The Hall–Kier alpha value is -2.13. The van der Waals surface area contributed by atoms with E-state index in [1.165, 1.54) is 19.2 Å². The van der Waals surface area contributed by atoms with Crippen LogP contribution in [0.25, 0.3) is 0 Å². The molecule has 0 saturated carbocycles. The minimum atomic E-state index is -0.578. The first-order valence-electron chi connectivity index (χ1n) is 6.12. The van der Waals surface area contributed by atoms with Crippen LogP contribution in [-0.4, -0.2) is 39.9 Å². The standard InChI is InChI=1S/C14H17FN2O3/c1-19-8-7-17(6-5-14(18)20-2)12-4-3-11(10-16)13(15)9-12/h3-4,9H,5-8H2,1-2H3. The molecule has 1 aromatic rings. The maximum atomic E-state index is 13.6. The summed E-state index contributed by atoms with van der Waals surface area (Å²) in [6.45, 7) is 1.35. The molecule has 108 valence electrons. The summed E-state index contributed by atoms with van der Waals surface area (Å²) in [4.78, 5) is 13.0. The number of hydrogen-bond acceptors (Lipinski definition) is 5. The van der Waals surface area contributed by atoms with Gasteiger partial charge in [-0.05, 0) is 18.2 Å². The van der Waals surface area contributed by atoms with Crippen molar-refractivity contribution in [2.45, 2.75) is 6.42 Å². The highest BCUT2D eigenvalue weighted by Gasteiger charge is 2.12. The van der Waals surface area contributed by atoms with Gasteiger partial charge in [0.25, 0.3) is 0 Å². The van der Waals surface area contributed by atoms with Crippen molar-refractivity contribution in [3.63, 3.8) is 0 Å². The topological polar surface area (TPSA) is 62.6 Å². The van der Waals surface area contributed by atoms with E-state index in [1.807, 2.05) is 4.90 Å². The van der Waals surface area contributed by atoms with Gasteiger partial charge in [0.05, 0.1) is 25.7 Å². The first-order valence-corrected chi connectivity index (χ1v) is 6.12. The molecule has 1 aromatic carbocycles. The van der Waals surface area contributed by atoms with Gasteiger partial charge in [-0.2, -0.15) is 5.26 Å². The van der Waals surface area contributed by atoms with Crippen LogP contribution in [0.3, 0.4) is 0 Å². The lowest BCUT2D eigenvalue weighted by atomic mass is 10.2. The van der Waals surface area contributed by atoms with E-state index in [4.69, 9.17) is 10.00 Å². The molecule has 0 aliphatic heterocycles. The van der Waals surface area contributed by atoms with Crippen LogP contribution in [0, 0.1) is 17.1 Å². The smallest absolute Gasteiger partial charge is 0.307 e. The number of benzene rings is 1. The van der Waals surface area contributed by atoms with E-state index in [2.05, 4.69) is 4.74 Å². The number of ether oxygens (including phenoxy) is 2. The number of carbonyl (C=O) groups excluding carboxylic acids is 1. The van der Waals surface area contributed by atoms with E-state index in [1.54, 1.807) is 19.2 Å². The zero-order chi connectivity index (χ0) is 15.0. The average molecular weight is 280 g/mol. The predicted octanol–water partition coefficient (Wildman–Crippen LogP) is 1.71. The highest BCUT2D eigenvalue weighted by molar-refractivity contribution is 5.70. The first kappa shape index (κ1) is 15.9. The third-order valence-electron chi connectivity index (χ3n) is 2.82.